The summed E-state index contributed by atoms with van der Waals surface area (Å²) >= 11 is 0. The first-order valence-electron chi connectivity index (χ1n) is 6.05. The van der Waals surface area contributed by atoms with E-state index in [-0.39, 0.29) is 17.8 Å². The minimum atomic E-state index is -2.74. The molecule has 2 N–H and O–H groups in total. The standard InChI is InChI=1S/C12H15F2N3O4/c1-15-12(19)8-2-3-9(17(20)21)10(6-8)16(4-5-18)7-11(13)14/h2-3,6,11,18H,4-5,7H2,1H3,(H,15,19). The molecule has 0 fully saturated rings. The molecule has 0 saturated carbocycles. The van der Waals surface area contributed by atoms with Crippen molar-refractivity contribution in [1.29, 1.82) is 0 Å². The molecule has 0 saturated heterocycles. The van der Waals surface area contributed by atoms with E-state index >= 15 is 0 Å². The predicted molar refractivity (Wildman–Crippen MR) is 71.8 cm³/mol. The number of nitrogens with zero attached hydrogens (tertiary/aromatic N) is 2. The largest absolute Gasteiger partial charge is 0.395 e. The van der Waals surface area contributed by atoms with Crippen molar-refractivity contribution in [1.82, 2.24) is 5.32 Å². The second-order valence-electron chi connectivity index (χ2n) is 4.10. The summed E-state index contributed by atoms with van der Waals surface area (Å²) in [6.07, 6.45) is -2.74. The third kappa shape index (κ3) is 4.35. The molecule has 0 bridgehead atoms. The van der Waals surface area contributed by atoms with Gasteiger partial charge in [0.2, 0.25) is 0 Å². The maximum Gasteiger partial charge on any atom is 0.292 e. The molecular weight excluding hydrogens is 288 g/mol. The number of halogens is 2. The van der Waals surface area contributed by atoms with Crippen LogP contribution in [-0.2, 0) is 0 Å². The van der Waals surface area contributed by atoms with E-state index in [1.165, 1.54) is 13.1 Å². The zero-order chi connectivity index (χ0) is 16.0. The number of amides is 1. The lowest BCUT2D eigenvalue weighted by Crippen LogP contribution is -2.32. The molecule has 7 nitrogen and oxygen atoms in total. The van der Waals surface area contributed by atoms with Crippen molar-refractivity contribution in [3.8, 4) is 0 Å². The molecule has 0 spiro atoms. The summed E-state index contributed by atoms with van der Waals surface area (Å²) in [5, 5.41) is 22.3. The average molecular weight is 303 g/mol. The van der Waals surface area contributed by atoms with Gasteiger partial charge in [0.15, 0.2) is 0 Å². The van der Waals surface area contributed by atoms with E-state index in [2.05, 4.69) is 5.32 Å². The van der Waals surface area contributed by atoms with Gasteiger partial charge in [-0.15, -0.1) is 0 Å². The van der Waals surface area contributed by atoms with Crippen molar-refractivity contribution in [3.05, 3.63) is 33.9 Å². The quantitative estimate of drug-likeness (QED) is 0.579. The van der Waals surface area contributed by atoms with Gasteiger partial charge >= 0.3 is 0 Å². The molecule has 0 aromatic heterocycles. The summed E-state index contributed by atoms with van der Waals surface area (Å²) in [5.74, 6) is -0.493. The van der Waals surface area contributed by atoms with Gasteiger partial charge in [0.05, 0.1) is 18.1 Å². The number of carbonyl (C=O) groups is 1. The van der Waals surface area contributed by atoms with Crippen LogP contribution in [-0.4, -0.2) is 49.1 Å². The summed E-state index contributed by atoms with van der Waals surface area (Å²) in [6.45, 7) is -1.44. The average Bonchev–Trinajstić information content (AvgIpc) is 2.44. The van der Waals surface area contributed by atoms with Crippen LogP contribution >= 0.6 is 0 Å². The van der Waals surface area contributed by atoms with Gasteiger partial charge in [-0.2, -0.15) is 0 Å². The molecule has 0 aliphatic heterocycles. The molecule has 0 heterocycles. The van der Waals surface area contributed by atoms with Crippen molar-refractivity contribution >= 4 is 17.3 Å². The topological polar surface area (TPSA) is 95.7 Å². The molecule has 1 amide bonds. The van der Waals surface area contributed by atoms with Crippen LogP contribution in [0, 0.1) is 10.1 Å². The number of anilines is 1. The smallest absolute Gasteiger partial charge is 0.292 e. The minimum Gasteiger partial charge on any atom is -0.395 e. The van der Waals surface area contributed by atoms with Crippen LogP contribution in [0.5, 0.6) is 0 Å². The number of nitro groups is 1. The molecule has 21 heavy (non-hydrogen) atoms. The lowest BCUT2D eigenvalue weighted by atomic mass is 10.1. The van der Waals surface area contributed by atoms with E-state index in [0.717, 1.165) is 17.0 Å². The molecule has 0 aliphatic carbocycles. The lowest BCUT2D eigenvalue weighted by molar-refractivity contribution is -0.384. The number of alkyl halides is 2. The highest BCUT2D eigenvalue weighted by Crippen LogP contribution is 2.29. The maximum atomic E-state index is 12.6. The first kappa shape index (κ1) is 16.8. The molecule has 0 radical (unpaired) electrons. The molecule has 9 heteroatoms. The van der Waals surface area contributed by atoms with Gasteiger partial charge in [0.25, 0.3) is 18.0 Å². The lowest BCUT2D eigenvalue weighted by Gasteiger charge is -2.23. The van der Waals surface area contributed by atoms with Crippen LogP contribution in [0.3, 0.4) is 0 Å². The van der Waals surface area contributed by atoms with Gasteiger partial charge in [-0.1, -0.05) is 0 Å². The maximum absolute atomic E-state index is 12.6. The highest BCUT2D eigenvalue weighted by molar-refractivity contribution is 5.95. The van der Waals surface area contributed by atoms with Gasteiger partial charge in [0, 0.05) is 25.2 Å². The Morgan fingerprint density at radius 1 is 1.52 bits per heavy atom. The van der Waals surface area contributed by atoms with Gasteiger partial charge < -0.3 is 15.3 Å². The number of nitro benzene ring substituents is 1. The number of rotatable bonds is 7. The Kier molecular flexibility index (Phi) is 5.97. The third-order valence-corrected chi connectivity index (χ3v) is 2.73. The van der Waals surface area contributed by atoms with E-state index in [0.29, 0.717) is 0 Å². The van der Waals surface area contributed by atoms with Crippen LogP contribution in [0.15, 0.2) is 18.2 Å². The Balaban J connectivity index is 3.31. The minimum absolute atomic E-state index is 0.107. The number of carbonyl (C=O) groups excluding carboxylic acids is 1. The predicted octanol–water partition coefficient (Wildman–Crippen LogP) is 1.02. The molecule has 0 atom stereocenters. The van der Waals surface area contributed by atoms with Crippen LogP contribution in [0.25, 0.3) is 0 Å². The van der Waals surface area contributed by atoms with E-state index in [9.17, 15) is 23.7 Å². The zero-order valence-corrected chi connectivity index (χ0v) is 11.3. The van der Waals surface area contributed by atoms with Crippen LogP contribution in [0.4, 0.5) is 20.2 Å². The first-order chi connectivity index (χ1) is 9.90. The van der Waals surface area contributed by atoms with E-state index in [1.807, 2.05) is 0 Å². The van der Waals surface area contributed by atoms with Crippen LogP contribution in [0.2, 0.25) is 0 Å². The summed E-state index contributed by atoms with van der Waals surface area (Å²) in [5.41, 5.74) is -0.428. The number of benzene rings is 1. The SMILES string of the molecule is CNC(=O)c1ccc([N+](=O)[O-])c(N(CCO)CC(F)F)c1. The van der Waals surface area contributed by atoms with Crippen molar-refractivity contribution in [2.45, 2.75) is 6.43 Å². The molecule has 1 aromatic rings. The molecule has 116 valence electrons. The third-order valence-electron chi connectivity index (χ3n) is 2.73. The normalized spacial score (nSPS) is 10.5. The second kappa shape index (κ2) is 7.48. The fraction of sp³-hybridized carbons (Fsp3) is 0.417. The van der Waals surface area contributed by atoms with E-state index < -0.39 is 36.1 Å². The molecule has 1 aromatic carbocycles. The van der Waals surface area contributed by atoms with Crippen LogP contribution < -0.4 is 10.2 Å². The van der Waals surface area contributed by atoms with Crippen LogP contribution in [0.1, 0.15) is 10.4 Å². The fourth-order valence-electron chi connectivity index (χ4n) is 1.81. The fourth-order valence-corrected chi connectivity index (χ4v) is 1.81. The van der Waals surface area contributed by atoms with Crippen molar-refractivity contribution in [3.63, 3.8) is 0 Å². The molecule has 0 aliphatic rings. The first-order valence-corrected chi connectivity index (χ1v) is 6.05. The van der Waals surface area contributed by atoms with Gasteiger partial charge in [-0.25, -0.2) is 8.78 Å². The van der Waals surface area contributed by atoms with Gasteiger partial charge in [-0.3, -0.25) is 14.9 Å². The monoisotopic (exact) mass is 303 g/mol. The second-order valence-corrected chi connectivity index (χ2v) is 4.10. The summed E-state index contributed by atoms with van der Waals surface area (Å²) in [7, 11) is 1.38. The molecule has 1 rings (SSSR count). The Labute approximate surface area is 119 Å². The Morgan fingerprint density at radius 3 is 2.67 bits per heavy atom. The van der Waals surface area contributed by atoms with Crippen molar-refractivity contribution < 1.29 is 23.6 Å². The highest BCUT2D eigenvalue weighted by atomic mass is 19.3. The zero-order valence-electron chi connectivity index (χ0n) is 11.3. The van der Waals surface area contributed by atoms with Gasteiger partial charge in [0.1, 0.15) is 5.69 Å². The molecular formula is C12H15F2N3O4. The number of hydrogen-bond acceptors (Lipinski definition) is 5. The summed E-state index contributed by atoms with van der Waals surface area (Å²) in [6, 6.07) is 3.48. The van der Waals surface area contributed by atoms with Crippen molar-refractivity contribution in [2.75, 3.05) is 31.6 Å². The number of aliphatic hydroxyl groups excluding tert-OH is 1. The van der Waals surface area contributed by atoms with E-state index in [4.69, 9.17) is 5.11 Å². The summed E-state index contributed by atoms with van der Waals surface area (Å²) in [4.78, 5) is 22.8. The molecule has 0 unspecified atom stereocenters. The Hall–Kier alpha value is -2.29. The Bertz CT molecular complexity index is 525. The van der Waals surface area contributed by atoms with E-state index in [1.54, 1.807) is 0 Å². The number of nitrogens with one attached hydrogen (secondary N) is 1. The number of hydrogen-bond donors (Lipinski definition) is 2. The summed E-state index contributed by atoms with van der Waals surface area (Å²) < 4.78 is 25.2. The van der Waals surface area contributed by atoms with Crippen molar-refractivity contribution in [2.24, 2.45) is 0 Å². The number of aliphatic hydroxyl groups is 1. The highest BCUT2D eigenvalue weighted by Gasteiger charge is 2.23. The van der Waals surface area contributed by atoms with Gasteiger partial charge in [-0.05, 0) is 12.1 Å². The Morgan fingerprint density at radius 2 is 2.19 bits per heavy atom.